The van der Waals surface area contributed by atoms with Gasteiger partial charge in [0.05, 0.1) is 6.04 Å². The molecule has 2 saturated heterocycles. The van der Waals surface area contributed by atoms with Gasteiger partial charge in [-0.25, -0.2) is 0 Å². The minimum Gasteiger partial charge on any atom is -0.337 e. The SMILES string of the molecule is O=C(c1ccccc1)N1CCCN([C@H]2CCN(Cc3ccccc3)C2=O)CC1. The molecule has 0 saturated carbocycles. The van der Waals surface area contributed by atoms with Crippen molar-refractivity contribution >= 4 is 11.8 Å². The fourth-order valence-electron chi connectivity index (χ4n) is 4.24. The van der Waals surface area contributed by atoms with Gasteiger partial charge in [-0.05, 0) is 30.5 Å². The molecule has 2 aromatic rings. The molecule has 5 heteroatoms. The standard InChI is InChI=1S/C23H27N3O2/c27-22(20-10-5-2-6-11-20)25-14-7-13-24(16-17-25)21-12-15-26(23(21)28)18-19-8-3-1-4-9-19/h1-6,8-11,21H,7,12-18H2/t21-/m0/s1. The fraction of sp³-hybridized carbons (Fsp3) is 0.391. The molecule has 0 aliphatic carbocycles. The number of hydrogen-bond acceptors (Lipinski definition) is 3. The first-order chi connectivity index (χ1) is 13.7. The minimum absolute atomic E-state index is 0.0458. The summed E-state index contributed by atoms with van der Waals surface area (Å²) in [5, 5.41) is 0. The Labute approximate surface area is 166 Å². The molecule has 2 amide bonds. The maximum atomic E-state index is 13.0. The van der Waals surface area contributed by atoms with Crippen molar-refractivity contribution in [2.75, 3.05) is 32.7 Å². The van der Waals surface area contributed by atoms with Gasteiger partial charge in [-0.15, -0.1) is 0 Å². The number of amides is 2. The van der Waals surface area contributed by atoms with Crippen LogP contribution in [-0.4, -0.2) is 65.3 Å². The van der Waals surface area contributed by atoms with E-state index in [1.807, 2.05) is 58.3 Å². The number of carbonyl (C=O) groups excluding carboxylic acids is 2. The Morgan fingerprint density at radius 3 is 2.32 bits per heavy atom. The molecule has 5 nitrogen and oxygen atoms in total. The number of nitrogens with zero attached hydrogens (tertiary/aromatic N) is 3. The lowest BCUT2D eigenvalue weighted by molar-refractivity contribution is -0.132. The molecule has 4 rings (SSSR count). The molecular weight excluding hydrogens is 350 g/mol. The van der Waals surface area contributed by atoms with E-state index < -0.39 is 0 Å². The first-order valence-corrected chi connectivity index (χ1v) is 10.1. The van der Waals surface area contributed by atoms with Crippen LogP contribution in [0.4, 0.5) is 0 Å². The van der Waals surface area contributed by atoms with Crippen molar-refractivity contribution in [2.24, 2.45) is 0 Å². The largest absolute Gasteiger partial charge is 0.337 e. The van der Waals surface area contributed by atoms with Crippen LogP contribution in [0.3, 0.4) is 0 Å². The van der Waals surface area contributed by atoms with Gasteiger partial charge in [0.15, 0.2) is 0 Å². The maximum Gasteiger partial charge on any atom is 0.253 e. The summed E-state index contributed by atoms with van der Waals surface area (Å²) in [5.41, 5.74) is 1.91. The third-order valence-corrected chi connectivity index (χ3v) is 5.76. The molecule has 1 atom stereocenters. The Morgan fingerprint density at radius 2 is 1.57 bits per heavy atom. The second-order valence-corrected chi connectivity index (χ2v) is 7.60. The third kappa shape index (κ3) is 4.09. The predicted octanol–water partition coefficient (Wildman–Crippen LogP) is 2.64. The van der Waals surface area contributed by atoms with Gasteiger partial charge in [0.2, 0.25) is 5.91 Å². The molecule has 0 N–H and O–H groups in total. The Balaban J connectivity index is 1.35. The van der Waals surface area contributed by atoms with Crippen LogP contribution in [0.15, 0.2) is 60.7 Å². The number of rotatable bonds is 4. The highest BCUT2D eigenvalue weighted by atomic mass is 16.2. The molecule has 2 fully saturated rings. The fourth-order valence-corrected chi connectivity index (χ4v) is 4.24. The van der Waals surface area contributed by atoms with Crippen molar-refractivity contribution in [2.45, 2.75) is 25.4 Å². The summed E-state index contributed by atoms with van der Waals surface area (Å²) < 4.78 is 0. The van der Waals surface area contributed by atoms with Gasteiger partial charge in [-0.1, -0.05) is 48.5 Å². The topological polar surface area (TPSA) is 43.9 Å². The van der Waals surface area contributed by atoms with Gasteiger partial charge < -0.3 is 9.80 Å². The van der Waals surface area contributed by atoms with Crippen LogP contribution in [0.5, 0.6) is 0 Å². The smallest absolute Gasteiger partial charge is 0.253 e. The minimum atomic E-state index is -0.0458. The Hall–Kier alpha value is -2.66. The lowest BCUT2D eigenvalue weighted by Gasteiger charge is -2.26. The molecule has 2 aromatic carbocycles. The molecule has 2 aliphatic heterocycles. The van der Waals surface area contributed by atoms with Crippen molar-refractivity contribution in [3.63, 3.8) is 0 Å². The van der Waals surface area contributed by atoms with Crippen LogP contribution in [0.2, 0.25) is 0 Å². The zero-order chi connectivity index (χ0) is 19.3. The molecule has 2 heterocycles. The summed E-state index contributed by atoms with van der Waals surface area (Å²) in [6.45, 7) is 4.54. The van der Waals surface area contributed by atoms with E-state index in [-0.39, 0.29) is 17.9 Å². The zero-order valence-corrected chi connectivity index (χ0v) is 16.2. The lowest BCUT2D eigenvalue weighted by Crippen LogP contribution is -2.44. The van der Waals surface area contributed by atoms with Crippen molar-refractivity contribution in [1.29, 1.82) is 0 Å². The highest BCUT2D eigenvalue weighted by molar-refractivity contribution is 5.94. The summed E-state index contributed by atoms with van der Waals surface area (Å²) in [7, 11) is 0. The second-order valence-electron chi connectivity index (χ2n) is 7.60. The number of hydrogen-bond donors (Lipinski definition) is 0. The normalized spacial score (nSPS) is 21.0. The quantitative estimate of drug-likeness (QED) is 0.823. The van der Waals surface area contributed by atoms with Crippen molar-refractivity contribution in [3.8, 4) is 0 Å². The third-order valence-electron chi connectivity index (χ3n) is 5.76. The van der Waals surface area contributed by atoms with Crippen molar-refractivity contribution < 1.29 is 9.59 Å². The number of carbonyl (C=O) groups is 2. The average molecular weight is 377 g/mol. The monoisotopic (exact) mass is 377 g/mol. The van der Waals surface area contributed by atoms with Crippen LogP contribution in [-0.2, 0) is 11.3 Å². The summed E-state index contributed by atoms with van der Waals surface area (Å²) in [5.74, 6) is 0.317. The molecule has 0 bridgehead atoms. The van der Waals surface area contributed by atoms with Crippen molar-refractivity contribution in [1.82, 2.24) is 14.7 Å². The summed E-state index contributed by atoms with van der Waals surface area (Å²) in [6, 6.07) is 19.6. The molecule has 146 valence electrons. The molecule has 2 aliphatic rings. The molecule has 0 aromatic heterocycles. The van der Waals surface area contributed by atoms with Gasteiger partial charge in [0.1, 0.15) is 0 Å². The van der Waals surface area contributed by atoms with Crippen LogP contribution >= 0.6 is 0 Å². The van der Waals surface area contributed by atoms with Gasteiger partial charge in [0, 0.05) is 44.8 Å². The summed E-state index contributed by atoms with van der Waals surface area (Å²) >= 11 is 0. The van der Waals surface area contributed by atoms with E-state index in [2.05, 4.69) is 17.0 Å². The van der Waals surface area contributed by atoms with Crippen LogP contribution in [0.1, 0.15) is 28.8 Å². The van der Waals surface area contributed by atoms with E-state index in [1.165, 1.54) is 5.56 Å². The second kappa shape index (κ2) is 8.57. The van der Waals surface area contributed by atoms with Gasteiger partial charge in [-0.2, -0.15) is 0 Å². The molecule has 0 spiro atoms. The van der Waals surface area contributed by atoms with Crippen LogP contribution < -0.4 is 0 Å². The highest BCUT2D eigenvalue weighted by Crippen LogP contribution is 2.21. The molecule has 28 heavy (non-hydrogen) atoms. The highest BCUT2D eigenvalue weighted by Gasteiger charge is 2.36. The van der Waals surface area contributed by atoms with Crippen LogP contribution in [0.25, 0.3) is 0 Å². The average Bonchev–Trinajstić information content (AvgIpc) is 2.94. The van der Waals surface area contributed by atoms with Crippen LogP contribution in [0, 0.1) is 0 Å². The Bertz CT molecular complexity index is 809. The number of likely N-dealkylation sites (tertiary alicyclic amines) is 1. The van der Waals surface area contributed by atoms with E-state index >= 15 is 0 Å². The van der Waals surface area contributed by atoms with Gasteiger partial charge >= 0.3 is 0 Å². The van der Waals surface area contributed by atoms with E-state index in [0.29, 0.717) is 13.1 Å². The van der Waals surface area contributed by atoms with E-state index in [1.54, 1.807) is 0 Å². The van der Waals surface area contributed by atoms with E-state index in [0.717, 1.165) is 44.6 Å². The van der Waals surface area contributed by atoms with E-state index in [4.69, 9.17) is 0 Å². The Kier molecular flexibility index (Phi) is 5.72. The first-order valence-electron chi connectivity index (χ1n) is 10.1. The van der Waals surface area contributed by atoms with Crippen molar-refractivity contribution in [3.05, 3.63) is 71.8 Å². The number of benzene rings is 2. The molecular formula is C23H27N3O2. The lowest BCUT2D eigenvalue weighted by atomic mass is 10.2. The molecule has 0 unspecified atom stereocenters. The van der Waals surface area contributed by atoms with Gasteiger partial charge in [-0.3, -0.25) is 14.5 Å². The van der Waals surface area contributed by atoms with E-state index in [9.17, 15) is 9.59 Å². The first kappa shape index (κ1) is 18.7. The Morgan fingerprint density at radius 1 is 0.857 bits per heavy atom. The maximum absolute atomic E-state index is 13.0. The summed E-state index contributed by atoms with van der Waals surface area (Å²) in [4.78, 5) is 31.9. The van der Waals surface area contributed by atoms with Gasteiger partial charge in [0.25, 0.3) is 5.91 Å². The predicted molar refractivity (Wildman–Crippen MR) is 109 cm³/mol. The molecule has 0 radical (unpaired) electrons. The zero-order valence-electron chi connectivity index (χ0n) is 16.2. The summed E-state index contributed by atoms with van der Waals surface area (Å²) in [6.07, 6.45) is 1.78.